The molecular weight excluding hydrogens is 476 g/mol. The average molecular weight is 513 g/mol. The second kappa shape index (κ2) is 12.3. The number of nitrogens with one attached hydrogen (secondary N) is 1. The van der Waals surface area contributed by atoms with Gasteiger partial charge in [-0.1, -0.05) is 62.9 Å². The number of fused-ring (bicyclic) bond motifs is 1. The molecule has 0 spiro atoms. The topological polar surface area (TPSA) is 102 Å². The summed E-state index contributed by atoms with van der Waals surface area (Å²) in [5.74, 6) is 0.800. The van der Waals surface area contributed by atoms with Crippen LogP contribution in [0.2, 0.25) is 0 Å². The molecule has 1 aromatic carbocycles. The van der Waals surface area contributed by atoms with Crippen LogP contribution in [0.4, 0.5) is 0 Å². The van der Waals surface area contributed by atoms with E-state index in [4.69, 9.17) is 0 Å². The number of aryl methyl sites for hydroxylation is 1. The fourth-order valence-corrected chi connectivity index (χ4v) is 4.90. The molecule has 194 valence electrons. The number of carbonyl (C=O) groups is 1. The Morgan fingerprint density at radius 3 is 2.44 bits per heavy atom. The first-order valence-corrected chi connectivity index (χ1v) is 13.2. The lowest BCUT2D eigenvalue weighted by Crippen LogP contribution is -2.39. The summed E-state index contributed by atoms with van der Waals surface area (Å²) in [6, 6.07) is 10.1. The van der Waals surface area contributed by atoms with Crippen LogP contribution in [0.25, 0.3) is 11.0 Å². The minimum Gasteiger partial charge on any atom is -0.353 e. The van der Waals surface area contributed by atoms with Crippen molar-refractivity contribution in [2.24, 2.45) is 13.0 Å². The van der Waals surface area contributed by atoms with E-state index in [0.717, 1.165) is 16.6 Å². The van der Waals surface area contributed by atoms with Gasteiger partial charge in [0.25, 0.3) is 5.56 Å². The lowest BCUT2D eigenvalue weighted by atomic mass is 10.1. The number of carbonyl (C=O) groups excluding carboxylic acids is 1. The van der Waals surface area contributed by atoms with Crippen molar-refractivity contribution in [2.45, 2.75) is 51.2 Å². The lowest BCUT2D eigenvalue weighted by molar-refractivity contribution is -0.118. The van der Waals surface area contributed by atoms with Gasteiger partial charge in [-0.05, 0) is 32.0 Å². The van der Waals surface area contributed by atoms with Gasteiger partial charge in [0, 0.05) is 26.6 Å². The monoisotopic (exact) mass is 512 g/mol. The van der Waals surface area contributed by atoms with Gasteiger partial charge in [-0.2, -0.15) is 0 Å². The van der Waals surface area contributed by atoms with E-state index in [1.54, 1.807) is 0 Å². The second-order valence-corrected chi connectivity index (χ2v) is 10.5. The van der Waals surface area contributed by atoms with Crippen molar-refractivity contribution in [1.29, 1.82) is 0 Å². The molecule has 0 radical (unpaired) electrons. The number of aromatic nitrogens is 4. The predicted molar refractivity (Wildman–Crippen MR) is 144 cm³/mol. The minimum absolute atomic E-state index is 0.0356. The van der Waals surface area contributed by atoms with Crippen molar-refractivity contribution in [3.8, 4) is 0 Å². The number of benzene rings is 1. The maximum atomic E-state index is 13.1. The lowest BCUT2D eigenvalue weighted by Gasteiger charge is -2.25. The summed E-state index contributed by atoms with van der Waals surface area (Å²) in [6.07, 6.45) is 1.32. The maximum absolute atomic E-state index is 13.1. The molecule has 10 heteroatoms. The summed E-state index contributed by atoms with van der Waals surface area (Å²) < 4.78 is 2.63. The average Bonchev–Trinajstić information content (AvgIpc) is 2.84. The Morgan fingerprint density at radius 1 is 1.14 bits per heavy atom. The number of rotatable bonds is 11. The zero-order valence-corrected chi connectivity index (χ0v) is 22.8. The van der Waals surface area contributed by atoms with Crippen molar-refractivity contribution in [3.63, 3.8) is 0 Å². The van der Waals surface area contributed by atoms with Crippen molar-refractivity contribution in [1.82, 2.24) is 29.3 Å². The number of likely N-dealkylation sites (N-methyl/N-ethyl adjacent to an activating group) is 1. The zero-order valence-electron chi connectivity index (χ0n) is 21.9. The van der Waals surface area contributed by atoms with E-state index >= 15 is 0 Å². The fraction of sp³-hybridized carbons (Fsp3) is 0.500. The van der Waals surface area contributed by atoms with Crippen LogP contribution in [0.15, 0.2) is 44.9 Å². The SMILES string of the molecule is CCCn1c(=O)n(C)c(=O)c2c(SCC(=O)NC[C@@H](c3ccccc3)N(C)C)nc(CC(C)C)nc21. The third-order valence-electron chi connectivity index (χ3n) is 5.87. The Kier molecular flexibility index (Phi) is 9.44. The Labute approximate surface area is 215 Å². The molecule has 3 aromatic rings. The van der Waals surface area contributed by atoms with Crippen LogP contribution < -0.4 is 16.6 Å². The van der Waals surface area contributed by atoms with E-state index < -0.39 is 11.2 Å². The Morgan fingerprint density at radius 2 is 1.83 bits per heavy atom. The number of hydrogen-bond acceptors (Lipinski definition) is 7. The van der Waals surface area contributed by atoms with Crippen LogP contribution in [-0.2, 0) is 24.8 Å². The zero-order chi connectivity index (χ0) is 26.4. The molecule has 36 heavy (non-hydrogen) atoms. The quantitative estimate of drug-likeness (QED) is 0.311. The molecule has 0 aliphatic heterocycles. The van der Waals surface area contributed by atoms with Gasteiger partial charge >= 0.3 is 5.69 Å². The van der Waals surface area contributed by atoms with Gasteiger partial charge in [0.2, 0.25) is 5.91 Å². The first-order chi connectivity index (χ1) is 17.1. The predicted octanol–water partition coefficient (Wildman–Crippen LogP) is 2.61. The van der Waals surface area contributed by atoms with Gasteiger partial charge in [-0.25, -0.2) is 14.8 Å². The highest BCUT2D eigenvalue weighted by Crippen LogP contribution is 2.24. The van der Waals surface area contributed by atoms with Gasteiger partial charge in [-0.3, -0.25) is 18.7 Å². The maximum Gasteiger partial charge on any atom is 0.332 e. The standard InChI is InChI=1S/C26H36N6O3S/c1-7-13-32-23-22(25(34)31(6)26(32)35)24(29-20(28-23)14-17(2)3)36-16-21(33)27-15-19(30(4)5)18-11-9-8-10-12-18/h8-12,17,19H,7,13-16H2,1-6H3,(H,27,33)/t19-/m0/s1. The van der Waals surface area contributed by atoms with Gasteiger partial charge in [0.1, 0.15) is 16.2 Å². The first-order valence-electron chi connectivity index (χ1n) is 12.2. The van der Waals surface area contributed by atoms with Crippen LogP contribution in [0.3, 0.4) is 0 Å². The van der Waals surface area contributed by atoms with Crippen molar-refractivity contribution in [2.75, 3.05) is 26.4 Å². The van der Waals surface area contributed by atoms with E-state index in [1.165, 1.54) is 23.4 Å². The van der Waals surface area contributed by atoms with Crippen molar-refractivity contribution < 1.29 is 4.79 Å². The molecule has 0 fully saturated rings. The highest BCUT2D eigenvalue weighted by atomic mass is 32.2. The highest BCUT2D eigenvalue weighted by molar-refractivity contribution is 8.00. The van der Waals surface area contributed by atoms with E-state index in [-0.39, 0.29) is 23.1 Å². The van der Waals surface area contributed by atoms with Crippen LogP contribution >= 0.6 is 11.8 Å². The number of thioether (sulfide) groups is 1. The number of nitrogens with zero attached hydrogens (tertiary/aromatic N) is 5. The fourth-order valence-electron chi connectivity index (χ4n) is 4.04. The highest BCUT2D eigenvalue weighted by Gasteiger charge is 2.20. The molecule has 2 aromatic heterocycles. The van der Waals surface area contributed by atoms with Gasteiger partial charge < -0.3 is 10.2 Å². The Hall–Kier alpha value is -2.98. The summed E-state index contributed by atoms with van der Waals surface area (Å²) in [7, 11) is 5.42. The largest absolute Gasteiger partial charge is 0.353 e. The summed E-state index contributed by atoms with van der Waals surface area (Å²) in [6.45, 7) is 6.99. The van der Waals surface area contributed by atoms with Gasteiger partial charge in [-0.15, -0.1) is 0 Å². The third-order valence-corrected chi connectivity index (χ3v) is 6.85. The molecule has 0 saturated heterocycles. The van der Waals surface area contributed by atoms with E-state index in [2.05, 4.69) is 34.0 Å². The van der Waals surface area contributed by atoms with E-state index in [0.29, 0.717) is 41.9 Å². The van der Waals surface area contributed by atoms with Crippen LogP contribution in [0.5, 0.6) is 0 Å². The molecule has 0 aliphatic rings. The Balaban J connectivity index is 1.89. The number of amides is 1. The molecule has 9 nitrogen and oxygen atoms in total. The Bertz CT molecular complexity index is 1320. The molecule has 1 amide bonds. The molecular formula is C26H36N6O3S. The minimum atomic E-state index is -0.446. The first kappa shape index (κ1) is 27.6. The molecule has 1 atom stereocenters. The molecule has 1 N–H and O–H groups in total. The molecule has 0 bridgehead atoms. The van der Waals surface area contributed by atoms with E-state index in [9.17, 15) is 14.4 Å². The molecule has 0 unspecified atom stereocenters. The van der Waals surface area contributed by atoms with Gasteiger partial charge in [0.15, 0.2) is 5.65 Å². The normalized spacial score (nSPS) is 12.4. The summed E-state index contributed by atoms with van der Waals surface area (Å²) >= 11 is 1.21. The van der Waals surface area contributed by atoms with E-state index in [1.807, 2.05) is 51.4 Å². The van der Waals surface area contributed by atoms with Crippen molar-refractivity contribution in [3.05, 3.63) is 62.6 Å². The van der Waals surface area contributed by atoms with Crippen molar-refractivity contribution >= 4 is 28.7 Å². The smallest absolute Gasteiger partial charge is 0.332 e. The van der Waals surface area contributed by atoms with Crippen LogP contribution in [0, 0.1) is 5.92 Å². The second-order valence-electron chi connectivity index (χ2n) is 9.52. The summed E-state index contributed by atoms with van der Waals surface area (Å²) in [5.41, 5.74) is 0.620. The third kappa shape index (κ3) is 6.41. The molecule has 0 saturated carbocycles. The molecule has 3 rings (SSSR count). The molecule has 0 aliphatic carbocycles. The van der Waals surface area contributed by atoms with Crippen LogP contribution in [0.1, 0.15) is 44.6 Å². The van der Waals surface area contributed by atoms with Crippen LogP contribution in [-0.4, -0.2) is 56.3 Å². The number of hydrogen-bond donors (Lipinski definition) is 1. The van der Waals surface area contributed by atoms with Gasteiger partial charge in [0.05, 0.1) is 11.8 Å². The summed E-state index contributed by atoms with van der Waals surface area (Å²) in [4.78, 5) is 50.1. The molecule has 2 heterocycles. The summed E-state index contributed by atoms with van der Waals surface area (Å²) in [5, 5.41) is 3.73.